The van der Waals surface area contributed by atoms with Crippen LogP contribution in [0.2, 0.25) is 0 Å². The Morgan fingerprint density at radius 1 is 1.00 bits per heavy atom. The molecule has 1 atom stereocenters. The number of aryl methyl sites for hydroxylation is 2. The second kappa shape index (κ2) is 9.39. The third-order valence-electron chi connectivity index (χ3n) is 6.38. The molecule has 6 heteroatoms. The van der Waals surface area contributed by atoms with Crippen molar-refractivity contribution in [2.45, 2.75) is 32.9 Å². The first-order valence-electron chi connectivity index (χ1n) is 11.7. The van der Waals surface area contributed by atoms with Crippen LogP contribution in [0, 0.1) is 13.8 Å². The van der Waals surface area contributed by atoms with E-state index < -0.39 is 6.04 Å². The van der Waals surface area contributed by atoms with Crippen LogP contribution in [0.5, 0.6) is 5.75 Å². The minimum atomic E-state index is -0.620. The van der Waals surface area contributed by atoms with Crippen LogP contribution >= 0.6 is 0 Å². The van der Waals surface area contributed by atoms with E-state index in [9.17, 15) is 14.7 Å². The van der Waals surface area contributed by atoms with Gasteiger partial charge in [-0.05, 0) is 60.7 Å². The molecule has 5 rings (SSSR count). The van der Waals surface area contributed by atoms with E-state index in [1.54, 1.807) is 4.90 Å². The Hall–Kier alpha value is -3.90. The number of hydrogen-bond acceptors (Lipinski definition) is 5. The highest BCUT2D eigenvalue weighted by Gasteiger charge is 2.42. The van der Waals surface area contributed by atoms with Gasteiger partial charge in [-0.2, -0.15) is 0 Å². The summed E-state index contributed by atoms with van der Waals surface area (Å²) in [4.78, 5) is 28.8. The molecule has 4 aromatic rings. The van der Waals surface area contributed by atoms with Gasteiger partial charge in [0, 0.05) is 13.2 Å². The summed E-state index contributed by atoms with van der Waals surface area (Å²) in [7, 11) is 0. The highest BCUT2D eigenvalue weighted by atomic mass is 16.5. The smallest absolute Gasteiger partial charge is 0.290 e. The second-order valence-corrected chi connectivity index (χ2v) is 8.96. The molecular weight excluding hydrogens is 442 g/mol. The molecule has 0 saturated heterocycles. The summed E-state index contributed by atoms with van der Waals surface area (Å²) < 4.78 is 12.1. The Kier molecular flexibility index (Phi) is 6.14. The molecule has 1 aliphatic heterocycles. The lowest BCUT2D eigenvalue weighted by Gasteiger charge is -2.25. The van der Waals surface area contributed by atoms with Crippen molar-refractivity contribution in [1.29, 1.82) is 0 Å². The van der Waals surface area contributed by atoms with Gasteiger partial charge in [0.25, 0.3) is 5.91 Å². The van der Waals surface area contributed by atoms with Crippen LogP contribution in [0.3, 0.4) is 0 Å². The van der Waals surface area contributed by atoms with Crippen LogP contribution in [0.1, 0.15) is 50.8 Å². The highest BCUT2D eigenvalue weighted by Crippen LogP contribution is 2.39. The van der Waals surface area contributed by atoms with Gasteiger partial charge in [0.05, 0.1) is 17.0 Å². The van der Waals surface area contributed by atoms with Crippen LogP contribution in [0.15, 0.2) is 75.9 Å². The van der Waals surface area contributed by atoms with Crippen LogP contribution in [-0.2, 0) is 6.61 Å². The second-order valence-electron chi connectivity index (χ2n) is 8.96. The van der Waals surface area contributed by atoms with Gasteiger partial charge < -0.3 is 19.2 Å². The van der Waals surface area contributed by atoms with Crippen molar-refractivity contribution >= 4 is 16.9 Å². The number of carbonyl (C=O) groups excluding carboxylic acids is 1. The fourth-order valence-electron chi connectivity index (χ4n) is 4.81. The summed E-state index contributed by atoms with van der Waals surface area (Å²) >= 11 is 0. The molecule has 1 aromatic heterocycles. The predicted octanol–water partition coefficient (Wildman–Crippen LogP) is 4.92. The Balaban J connectivity index is 1.60. The first kappa shape index (κ1) is 22.9. The standard InChI is InChI=1S/C29H27NO5/c1-18-14-19(2)27-23(15-18)26(32)24-25(30(12-7-13-31)29(33)28(24)35-27)21-10-6-11-22(16-21)34-17-20-8-4-3-5-9-20/h3-6,8-11,14-16,25,31H,7,12-13,17H2,1-2H3. The van der Waals surface area contributed by atoms with Gasteiger partial charge >= 0.3 is 0 Å². The average Bonchev–Trinajstić information content (AvgIpc) is 3.14. The zero-order chi connectivity index (χ0) is 24.5. The zero-order valence-corrected chi connectivity index (χ0v) is 19.8. The summed E-state index contributed by atoms with van der Waals surface area (Å²) in [5.41, 5.74) is 4.15. The normalized spacial score (nSPS) is 15.0. The number of ether oxygens (including phenoxy) is 1. The molecule has 1 aliphatic rings. The Bertz CT molecular complexity index is 1460. The molecule has 3 aromatic carbocycles. The third-order valence-corrected chi connectivity index (χ3v) is 6.38. The fraction of sp³-hybridized carbons (Fsp3) is 0.241. The van der Waals surface area contributed by atoms with E-state index in [4.69, 9.17) is 9.15 Å². The van der Waals surface area contributed by atoms with E-state index in [1.807, 2.05) is 80.6 Å². The van der Waals surface area contributed by atoms with Gasteiger partial charge in [-0.1, -0.05) is 48.5 Å². The average molecular weight is 470 g/mol. The monoisotopic (exact) mass is 469 g/mol. The van der Waals surface area contributed by atoms with Crippen LogP contribution in [-0.4, -0.2) is 29.1 Å². The number of aliphatic hydroxyl groups is 1. The molecule has 0 aliphatic carbocycles. The van der Waals surface area contributed by atoms with Crippen molar-refractivity contribution in [2.75, 3.05) is 13.2 Å². The maximum atomic E-state index is 13.7. The molecule has 0 fully saturated rings. The van der Waals surface area contributed by atoms with Crippen molar-refractivity contribution in [1.82, 2.24) is 4.90 Å². The summed E-state index contributed by atoms with van der Waals surface area (Å²) in [5, 5.41) is 9.91. The number of aliphatic hydroxyl groups excluding tert-OH is 1. The van der Waals surface area contributed by atoms with Gasteiger partial charge in [-0.15, -0.1) is 0 Å². The maximum Gasteiger partial charge on any atom is 0.290 e. The molecule has 0 saturated carbocycles. The van der Waals surface area contributed by atoms with Crippen LogP contribution < -0.4 is 10.2 Å². The number of rotatable bonds is 7. The first-order valence-corrected chi connectivity index (χ1v) is 11.7. The molecule has 0 bridgehead atoms. The quantitative estimate of drug-likeness (QED) is 0.416. The summed E-state index contributed by atoms with van der Waals surface area (Å²) in [5.74, 6) is 0.382. The molecule has 35 heavy (non-hydrogen) atoms. The molecular formula is C29H27NO5. The topological polar surface area (TPSA) is 80.0 Å². The zero-order valence-electron chi connectivity index (χ0n) is 19.8. The lowest BCUT2D eigenvalue weighted by Crippen LogP contribution is -2.31. The number of fused-ring (bicyclic) bond motifs is 2. The van der Waals surface area contributed by atoms with Crippen molar-refractivity contribution < 1.29 is 19.1 Å². The van der Waals surface area contributed by atoms with Gasteiger partial charge in [0.1, 0.15) is 17.9 Å². The number of nitrogens with zero attached hydrogens (tertiary/aromatic N) is 1. The minimum absolute atomic E-state index is 0.0608. The SMILES string of the molecule is Cc1cc(C)c2oc3c(c(=O)c2c1)C(c1cccc(OCc2ccccc2)c1)N(CCCO)C3=O. The molecule has 1 amide bonds. The Morgan fingerprint density at radius 3 is 2.57 bits per heavy atom. The molecule has 1 N–H and O–H groups in total. The van der Waals surface area contributed by atoms with E-state index in [0.29, 0.717) is 41.9 Å². The predicted molar refractivity (Wildman–Crippen MR) is 134 cm³/mol. The summed E-state index contributed by atoms with van der Waals surface area (Å²) in [6.45, 7) is 4.45. The van der Waals surface area contributed by atoms with Gasteiger partial charge in [-0.3, -0.25) is 9.59 Å². The van der Waals surface area contributed by atoms with Crippen molar-refractivity contribution in [3.63, 3.8) is 0 Å². The third kappa shape index (κ3) is 4.21. The molecule has 6 nitrogen and oxygen atoms in total. The van der Waals surface area contributed by atoms with Gasteiger partial charge in [-0.25, -0.2) is 0 Å². The minimum Gasteiger partial charge on any atom is -0.489 e. The maximum absolute atomic E-state index is 13.7. The van der Waals surface area contributed by atoms with Crippen LogP contribution in [0.4, 0.5) is 0 Å². The number of hydrogen-bond donors (Lipinski definition) is 1. The van der Waals surface area contributed by atoms with Gasteiger partial charge in [0.15, 0.2) is 5.43 Å². The number of benzene rings is 3. The lowest BCUT2D eigenvalue weighted by molar-refractivity contribution is 0.0716. The largest absolute Gasteiger partial charge is 0.489 e. The molecule has 178 valence electrons. The van der Waals surface area contributed by atoms with E-state index in [-0.39, 0.29) is 23.7 Å². The van der Waals surface area contributed by atoms with E-state index in [2.05, 4.69) is 0 Å². The molecule has 0 spiro atoms. The van der Waals surface area contributed by atoms with Crippen molar-refractivity contribution in [3.8, 4) is 5.75 Å². The summed E-state index contributed by atoms with van der Waals surface area (Å²) in [6, 6.07) is 20.5. The Morgan fingerprint density at radius 2 is 1.80 bits per heavy atom. The van der Waals surface area contributed by atoms with E-state index in [0.717, 1.165) is 22.3 Å². The van der Waals surface area contributed by atoms with E-state index in [1.165, 1.54) is 0 Å². The highest BCUT2D eigenvalue weighted by molar-refractivity contribution is 5.99. The van der Waals surface area contributed by atoms with Crippen molar-refractivity contribution in [3.05, 3.63) is 111 Å². The van der Waals surface area contributed by atoms with Gasteiger partial charge in [0.2, 0.25) is 5.76 Å². The molecule has 1 unspecified atom stereocenters. The Labute approximate surface area is 203 Å². The first-order chi connectivity index (χ1) is 17.0. The lowest BCUT2D eigenvalue weighted by atomic mass is 9.97. The summed E-state index contributed by atoms with van der Waals surface area (Å²) in [6.07, 6.45) is 0.395. The van der Waals surface area contributed by atoms with Crippen LogP contribution in [0.25, 0.3) is 11.0 Å². The molecule has 0 radical (unpaired) electrons. The van der Waals surface area contributed by atoms with E-state index >= 15 is 0 Å². The number of carbonyl (C=O) groups is 1. The van der Waals surface area contributed by atoms with Crippen molar-refractivity contribution in [2.24, 2.45) is 0 Å². The number of amides is 1. The fourth-order valence-corrected chi connectivity index (χ4v) is 4.81. The molecule has 2 heterocycles.